The normalized spacial score (nSPS) is 25.6. The average molecular weight is 142 g/mol. The van der Waals surface area contributed by atoms with Crippen LogP contribution in [-0.4, -0.2) is 6.54 Å². The molecule has 4 heteroatoms. The maximum absolute atomic E-state index is 4.47. The van der Waals surface area contributed by atoms with Crippen molar-refractivity contribution in [1.29, 1.82) is 0 Å². The van der Waals surface area contributed by atoms with Crippen LogP contribution in [0.25, 0.3) is 0 Å². The van der Waals surface area contributed by atoms with Gasteiger partial charge in [0.2, 0.25) is 0 Å². The van der Waals surface area contributed by atoms with Crippen LogP contribution in [0.4, 0.5) is 0 Å². The summed E-state index contributed by atoms with van der Waals surface area (Å²) in [5.41, 5.74) is 0. The van der Waals surface area contributed by atoms with Crippen molar-refractivity contribution in [1.82, 2.24) is 0 Å². The van der Waals surface area contributed by atoms with Gasteiger partial charge < -0.3 is 0 Å². The lowest BCUT2D eigenvalue weighted by molar-refractivity contribution is -0.257. The molecule has 1 rings (SSSR count). The molecule has 10 heavy (non-hydrogen) atoms. The number of nitrogens with zero attached hydrogens (tertiary/aromatic N) is 2. The van der Waals surface area contributed by atoms with Crippen LogP contribution in [0, 0.1) is 0 Å². The molecule has 0 saturated heterocycles. The molecule has 1 heterocycles. The number of hydrogen-bond acceptors (Lipinski definition) is 4. The van der Waals surface area contributed by atoms with Crippen molar-refractivity contribution >= 4 is 0 Å². The van der Waals surface area contributed by atoms with Gasteiger partial charge in [-0.05, 0) is 25.3 Å². The Morgan fingerprint density at radius 2 is 2.30 bits per heavy atom. The third-order valence-electron chi connectivity index (χ3n) is 1.16. The highest BCUT2D eigenvalue weighted by Crippen LogP contribution is 1.99. The Morgan fingerprint density at radius 3 is 3.30 bits per heavy atom. The number of rotatable bonds is 0. The molecule has 0 fully saturated rings. The molecule has 1 aliphatic heterocycles. The van der Waals surface area contributed by atoms with Crippen LogP contribution in [0.1, 0.15) is 19.3 Å². The maximum Gasteiger partial charge on any atom is 0.141 e. The van der Waals surface area contributed by atoms with E-state index in [0.29, 0.717) is 0 Å². The monoisotopic (exact) mass is 142 g/mol. The third kappa shape index (κ3) is 3.06. The van der Waals surface area contributed by atoms with E-state index in [1.807, 2.05) is 6.08 Å². The van der Waals surface area contributed by atoms with E-state index in [1.54, 1.807) is 0 Å². The highest BCUT2D eigenvalue weighted by molar-refractivity contribution is 4.72. The van der Waals surface area contributed by atoms with E-state index >= 15 is 0 Å². The molecule has 0 aromatic carbocycles. The van der Waals surface area contributed by atoms with Crippen LogP contribution in [-0.2, 0) is 9.88 Å². The fraction of sp³-hybridized carbons (Fsp3) is 0.667. The van der Waals surface area contributed by atoms with Gasteiger partial charge in [0.25, 0.3) is 0 Å². The van der Waals surface area contributed by atoms with Gasteiger partial charge in [0.1, 0.15) is 6.26 Å². The smallest absolute Gasteiger partial charge is 0.141 e. The van der Waals surface area contributed by atoms with Crippen molar-refractivity contribution in [2.75, 3.05) is 6.54 Å². The standard InChI is InChI=1S/C6H10N2O2/c1-2-4-6-9-10-8-7-5-3-1/h4,6H,1-3,5H2/b6-4-,8-7-. The Bertz CT molecular complexity index is 118. The highest BCUT2D eigenvalue weighted by Gasteiger charge is 1.87. The van der Waals surface area contributed by atoms with Crippen molar-refractivity contribution in [2.45, 2.75) is 19.3 Å². The van der Waals surface area contributed by atoms with Crippen LogP contribution in [0.15, 0.2) is 22.7 Å². The lowest BCUT2D eigenvalue weighted by Gasteiger charge is -1.95. The maximum atomic E-state index is 4.47. The average Bonchev–Trinajstić information content (AvgIpc) is 2.01. The molecule has 0 aromatic rings. The second kappa shape index (κ2) is 4.78. The summed E-state index contributed by atoms with van der Waals surface area (Å²) in [6.45, 7) is 0.719. The van der Waals surface area contributed by atoms with E-state index in [1.165, 1.54) is 6.26 Å². The van der Waals surface area contributed by atoms with E-state index in [4.69, 9.17) is 0 Å². The van der Waals surface area contributed by atoms with Crippen LogP contribution in [0.5, 0.6) is 0 Å². The Balaban J connectivity index is 2.23. The molecule has 1 aliphatic rings. The molecule has 0 bridgehead atoms. The first kappa shape index (κ1) is 7.05. The van der Waals surface area contributed by atoms with Gasteiger partial charge in [-0.3, -0.25) is 4.89 Å². The zero-order valence-electron chi connectivity index (χ0n) is 5.69. The summed E-state index contributed by atoms with van der Waals surface area (Å²) in [5, 5.41) is 6.96. The van der Waals surface area contributed by atoms with Crippen LogP contribution < -0.4 is 0 Å². The molecule has 0 aromatic heterocycles. The Morgan fingerprint density at radius 1 is 1.30 bits per heavy atom. The van der Waals surface area contributed by atoms with Crippen molar-refractivity contribution in [2.24, 2.45) is 10.4 Å². The van der Waals surface area contributed by atoms with Crippen LogP contribution in [0.2, 0.25) is 0 Å². The molecule has 0 amide bonds. The minimum absolute atomic E-state index is 0.719. The Hall–Kier alpha value is -1.06. The first-order chi connectivity index (χ1) is 5.00. The van der Waals surface area contributed by atoms with Crippen molar-refractivity contribution < 1.29 is 9.88 Å². The second-order valence-corrected chi connectivity index (χ2v) is 1.99. The van der Waals surface area contributed by atoms with Gasteiger partial charge in [0.05, 0.1) is 11.8 Å². The molecule has 0 spiro atoms. The van der Waals surface area contributed by atoms with E-state index in [-0.39, 0.29) is 0 Å². The van der Waals surface area contributed by atoms with Crippen LogP contribution in [0.3, 0.4) is 0 Å². The summed E-state index contributed by atoms with van der Waals surface area (Å²) in [6, 6.07) is 0. The minimum atomic E-state index is 0.719. The third-order valence-corrected chi connectivity index (χ3v) is 1.16. The van der Waals surface area contributed by atoms with Crippen molar-refractivity contribution in [3.05, 3.63) is 12.3 Å². The van der Waals surface area contributed by atoms with Gasteiger partial charge >= 0.3 is 0 Å². The molecule has 0 aliphatic carbocycles. The predicted molar refractivity (Wildman–Crippen MR) is 34.9 cm³/mol. The summed E-state index contributed by atoms with van der Waals surface area (Å²) < 4.78 is 0. The molecular formula is C6H10N2O2. The van der Waals surface area contributed by atoms with E-state index < -0.39 is 0 Å². The molecule has 0 saturated carbocycles. The highest BCUT2D eigenvalue weighted by atomic mass is 17.3. The molecule has 0 unspecified atom stereocenters. The Labute approximate surface area is 59.4 Å². The first-order valence-corrected chi connectivity index (χ1v) is 3.34. The second-order valence-electron chi connectivity index (χ2n) is 1.99. The molecule has 56 valence electrons. The topological polar surface area (TPSA) is 43.2 Å². The lowest BCUT2D eigenvalue weighted by Crippen LogP contribution is -1.84. The van der Waals surface area contributed by atoms with Crippen LogP contribution >= 0.6 is 0 Å². The van der Waals surface area contributed by atoms with Crippen molar-refractivity contribution in [3.63, 3.8) is 0 Å². The molecule has 0 N–H and O–H groups in total. The fourth-order valence-electron chi connectivity index (χ4n) is 0.661. The zero-order valence-corrected chi connectivity index (χ0v) is 5.69. The SMILES string of the molecule is C1=C\OO/N=N\CCCC/1. The summed E-state index contributed by atoms with van der Waals surface area (Å²) >= 11 is 0. The van der Waals surface area contributed by atoms with Crippen molar-refractivity contribution in [3.8, 4) is 0 Å². The summed E-state index contributed by atoms with van der Waals surface area (Å²) in [4.78, 5) is 8.75. The van der Waals surface area contributed by atoms with Gasteiger partial charge in [0, 0.05) is 0 Å². The van der Waals surface area contributed by atoms with Gasteiger partial charge in [-0.1, -0.05) is 0 Å². The zero-order chi connectivity index (χ0) is 7.07. The van der Waals surface area contributed by atoms with E-state index in [9.17, 15) is 0 Å². The predicted octanol–water partition coefficient (Wildman–Crippen LogP) is 2.00. The van der Waals surface area contributed by atoms with Gasteiger partial charge in [-0.25, -0.2) is 0 Å². The minimum Gasteiger partial charge on any atom is -0.274 e. The largest absolute Gasteiger partial charge is 0.274 e. The molecule has 4 nitrogen and oxygen atoms in total. The summed E-state index contributed by atoms with van der Waals surface area (Å²) in [7, 11) is 0. The fourth-order valence-corrected chi connectivity index (χ4v) is 0.661. The molecule has 0 radical (unpaired) electrons. The number of allylic oxidation sites excluding steroid dienone is 1. The molecular weight excluding hydrogens is 132 g/mol. The quantitative estimate of drug-likeness (QED) is 0.485. The first-order valence-electron chi connectivity index (χ1n) is 3.34. The Kier molecular flexibility index (Phi) is 3.37. The molecule has 0 atom stereocenters. The van der Waals surface area contributed by atoms with E-state index in [2.05, 4.69) is 20.3 Å². The van der Waals surface area contributed by atoms with Gasteiger partial charge in [-0.15, -0.1) is 10.1 Å². The van der Waals surface area contributed by atoms with E-state index in [0.717, 1.165) is 25.8 Å². The van der Waals surface area contributed by atoms with Gasteiger partial charge in [0.15, 0.2) is 0 Å². The summed E-state index contributed by atoms with van der Waals surface area (Å²) in [5.74, 6) is 0. The lowest BCUT2D eigenvalue weighted by atomic mass is 10.2. The van der Waals surface area contributed by atoms with Gasteiger partial charge in [-0.2, -0.15) is 0 Å². The summed E-state index contributed by atoms with van der Waals surface area (Å²) in [6.07, 6.45) is 6.57. The number of hydrogen-bond donors (Lipinski definition) is 0.